The summed E-state index contributed by atoms with van der Waals surface area (Å²) in [6.07, 6.45) is 10.4. The predicted molar refractivity (Wildman–Crippen MR) is 85.8 cm³/mol. The lowest BCUT2D eigenvalue weighted by molar-refractivity contribution is -0.123. The Hall–Kier alpha value is -2.21. The van der Waals surface area contributed by atoms with Crippen LogP contribution in [0.1, 0.15) is 24.8 Å². The van der Waals surface area contributed by atoms with E-state index in [-0.39, 0.29) is 17.2 Å². The van der Waals surface area contributed by atoms with Crippen molar-refractivity contribution in [3.05, 3.63) is 42.6 Å². The van der Waals surface area contributed by atoms with E-state index in [9.17, 15) is 4.79 Å². The molecule has 1 unspecified atom stereocenters. The van der Waals surface area contributed by atoms with Gasteiger partial charge in [-0.1, -0.05) is 0 Å². The van der Waals surface area contributed by atoms with Crippen molar-refractivity contribution in [3.8, 4) is 5.82 Å². The number of imidazole rings is 1. The van der Waals surface area contributed by atoms with Crippen molar-refractivity contribution in [2.24, 2.45) is 11.3 Å². The first-order valence-electron chi connectivity index (χ1n) is 8.19. The third-order valence-corrected chi connectivity index (χ3v) is 5.15. The molecule has 1 amide bonds. The van der Waals surface area contributed by atoms with Crippen molar-refractivity contribution >= 4 is 5.91 Å². The van der Waals surface area contributed by atoms with Crippen molar-refractivity contribution in [1.82, 2.24) is 25.2 Å². The molecular weight excluding hydrogens is 290 g/mol. The van der Waals surface area contributed by atoms with Gasteiger partial charge in [0.1, 0.15) is 12.1 Å². The number of amides is 1. The molecule has 4 rings (SSSR count). The molecule has 1 atom stereocenters. The van der Waals surface area contributed by atoms with E-state index in [0.29, 0.717) is 6.54 Å². The molecular formula is C17H21N5O. The second-order valence-electron chi connectivity index (χ2n) is 6.58. The average molecular weight is 311 g/mol. The zero-order valence-corrected chi connectivity index (χ0v) is 13.0. The third kappa shape index (κ3) is 2.86. The average Bonchev–Trinajstić information content (AvgIpc) is 3.02. The maximum Gasteiger partial charge on any atom is 0.223 e. The highest BCUT2D eigenvalue weighted by Crippen LogP contribution is 2.58. The fourth-order valence-electron chi connectivity index (χ4n) is 3.61. The van der Waals surface area contributed by atoms with Crippen LogP contribution in [0.4, 0.5) is 0 Å². The van der Waals surface area contributed by atoms with E-state index >= 15 is 0 Å². The van der Waals surface area contributed by atoms with Crippen LogP contribution in [0.5, 0.6) is 0 Å². The Kier molecular flexibility index (Phi) is 3.61. The highest BCUT2D eigenvalue weighted by atomic mass is 16.2. The topological polar surface area (TPSA) is 71.8 Å². The molecule has 2 fully saturated rings. The van der Waals surface area contributed by atoms with Crippen molar-refractivity contribution in [3.63, 3.8) is 0 Å². The lowest BCUT2D eigenvalue weighted by atomic mass is 9.92. The summed E-state index contributed by atoms with van der Waals surface area (Å²) in [6.45, 7) is 2.64. The summed E-state index contributed by atoms with van der Waals surface area (Å²) in [5, 5.41) is 6.46. The number of piperidine rings is 1. The van der Waals surface area contributed by atoms with E-state index in [1.807, 2.05) is 22.9 Å². The van der Waals surface area contributed by atoms with Gasteiger partial charge in [0.25, 0.3) is 0 Å². The smallest absolute Gasteiger partial charge is 0.223 e. The maximum absolute atomic E-state index is 12.4. The van der Waals surface area contributed by atoms with Gasteiger partial charge in [0.05, 0.1) is 0 Å². The van der Waals surface area contributed by atoms with Crippen molar-refractivity contribution in [1.29, 1.82) is 0 Å². The summed E-state index contributed by atoms with van der Waals surface area (Å²) in [6, 6.07) is 3.92. The summed E-state index contributed by atoms with van der Waals surface area (Å²) in [5.74, 6) is 1.22. The van der Waals surface area contributed by atoms with Gasteiger partial charge < -0.3 is 10.6 Å². The van der Waals surface area contributed by atoms with Crippen LogP contribution < -0.4 is 10.6 Å². The number of nitrogens with zero attached hydrogens (tertiary/aromatic N) is 3. The zero-order chi connectivity index (χ0) is 15.7. The van der Waals surface area contributed by atoms with Gasteiger partial charge in [-0.05, 0) is 55.5 Å². The van der Waals surface area contributed by atoms with Crippen LogP contribution in [0.15, 0.2) is 37.1 Å². The van der Waals surface area contributed by atoms with Crippen LogP contribution in [0, 0.1) is 11.3 Å². The van der Waals surface area contributed by atoms with Crippen molar-refractivity contribution < 1.29 is 4.79 Å². The Labute approximate surface area is 135 Å². The Balaban J connectivity index is 1.36. The number of carbonyl (C=O) groups excluding carboxylic acids is 1. The van der Waals surface area contributed by atoms with Crippen LogP contribution in [0.2, 0.25) is 0 Å². The number of aromatic nitrogens is 3. The molecule has 2 aliphatic rings. The molecule has 1 saturated heterocycles. The first-order valence-corrected chi connectivity index (χ1v) is 8.19. The molecule has 0 bridgehead atoms. The Morgan fingerprint density at radius 2 is 2.26 bits per heavy atom. The highest BCUT2D eigenvalue weighted by Gasteiger charge is 2.57. The molecule has 6 heteroatoms. The van der Waals surface area contributed by atoms with Crippen LogP contribution in [-0.4, -0.2) is 33.5 Å². The van der Waals surface area contributed by atoms with Gasteiger partial charge in [-0.15, -0.1) is 0 Å². The van der Waals surface area contributed by atoms with Gasteiger partial charge in [0, 0.05) is 31.1 Å². The molecule has 2 N–H and O–H groups in total. The van der Waals surface area contributed by atoms with E-state index in [1.165, 1.54) is 0 Å². The van der Waals surface area contributed by atoms with E-state index < -0.39 is 0 Å². The molecule has 1 aliphatic carbocycles. The summed E-state index contributed by atoms with van der Waals surface area (Å²) in [4.78, 5) is 20.8. The van der Waals surface area contributed by atoms with Crippen LogP contribution in [0.3, 0.4) is 0 Å². The number of rotatable bonds is 4. The molecule has 23 heavy (non-hydrogen) atoms. The molecule has 0 radical (unpaired) electrons. The lowest BCUT2D eigenvalue weighted by Gasteiger charge is -2.23. The fraction of sp³-hybridized carbons (Fsp3) is 0.471. The molecule has 6 nitrogen and oxygen atoms in total. The molecule has 1 aliphatic heterocycles. The normalized spacial score (nSPS) is 22.0. The van der Waals surface area contributed by atoms with Gasteiger partial charge in [-0.25, -0.2) is 9.97 Å². The molecule has 1 saturated carbocycles. The zero-order valence-electron chi connectivity index (χ0n) is 13.0. The summed E-state index contributed by atoms with van der Waals surface area (Å²) in [5.41, 5.74) is 1.34. The van der Waals surface area contributed by atoms with Crippen molar-refractivity contribution in [2.45, 2.75) is 25.8 Å². The lowest BCUT2D eigenvalue weighted by Crippen LogP contribution is -2.33. The number of hydrogen-bond donors (Lipinski definition) is 2. The summed E-state index contributed by atoms with van der Waals surface area (Å²) < 4.78 is 1.86. The molecule has 0 aromatic carbocycles. The number of carbonyl (C=O) groups is 1. The fourth-order valence-corrected chi connectivity index (χ4v) is 3.61. The standard InChI is InChI=1S/C17H21N5O/c23-16(14-10-17(14)2-5-18-6-3-17)21-11-13-1-4-20-15(9-13)22-8-7-19-12-22/h1,4,7-9,12,14,18H,2-3,5-6,10-11H2,(H,21,23). The van der Waals surface area contributed by atoms with Gasteiger partial charge in [0.2, 0.25) is 5.91 Å². The van der Waals surface area contributed by atoms with Crippen LogP contribution >= 0.6 is 0 Å². The van der Waals surface area contributed by atoms with E-state index in [2.05, 4.69) is 20.6 Å². The van der Waals surface area contributed by atoms with Gasteiger partial charge >= 0.3 is 0 Å². The number of nitrogens with one attached hydrogen (secondary N) is 2. The van der Waals surface area contributed by atoms with Crippen LogP contribution in [0.25, 0.3) is 5.82 Å². The SMILES string of the molecule is O=C(NCc1ccnc(-n2ccnc2)c1)C1CC12CCNCC2. The number of pyridine rings is 1. The monoisotopic (exact) mass is 311 g/mol. The summed E-state index contributed by atoms with van der Waals surface area (Å²) >= 11 is 0. The van der Waals surface area contributed by atoms with E-state index in [0.717, 1.165) is 43.7 Å². The largest absolute Gasteiger partial charge is 0.352 e. The van der Waals surface area contributed by atoms with Gasteiger partial charge in [-0.3, -0.25) is 9.36 Å². The Bertz CT molecular complexity index is 691. The first kappa shape index (κ1) is 14.4. The second-order valence-corrected chi connectivity index (χ2v) is 6.58. The number of hydrogen-bond acceptors (Lipinski definition) is 4. The van der Waals surface area contributed by atoms with Crippen molar-refractivity contribution in [2.75, 3.05) is 13.1 Å². The molecule has 120 valence electrons. The maximum atomic E-state index is 12.4. The minimum atomic E-state index is 0.202. The minimum absolute atomic E-state index is 0.202. The van der Waals surface area contributed by atoms with Crippen LogP contribution in [-0.2, 0) is 11.3 Å². The Morgan fingerprint density at radius 1 is 1.39 bits per heavy atom. The molecule has 2 aromatic rings. The van der Waals surface area contributed by atoms with E-state index in [1.54, 1.807) is 18.7 Å². The molecule has 3 heterocycles. The molecule has 1 spiro atoms. The predicted octanol–water partition coefficient (Wildman–Crippen LogP) is 1.27. The third-order valence-electron chi connectivity index (χ3n) is 5.15. The highest BCUT2D eigenvalue weighted by molar-refractivity contribution is 5.82. The Morgan fingerprint density at radius 3 is 3.04 bits per heavy atom. The van der Waals surface area contributed by atoms with E-state index in [4.69, 9.17) is 0 Å². The second kappa shape index (κ2) is 5.77. The van der Waals surface area contributed by atoms with Gasteiger partial charge in [-0.2, -0.15) is 0 Å². The summed E-state index contributed by atoms with van der Waals surface area (Å²) in [7, 11) is 0. The molecule has 2 aromatic heterocycles. The first-order chi connectivity index (χ1) is 11.3. The van der Waals surface area contributed by atoms with Gasteiger partial charge in [0.15, 0.2) is 0 Å². The minimum Gasteiger partial charge on any atom is -0.352 e. The quantitative estimate of drug-likeness (QED) is 0.892.